The van der Waals surface area contributed by atoms with Crippen molar-refractivity contribution in [3.63, 3.8) is 0 Å². The molecule has 7 heteroatoms. The number of ether oxygens (including phenoxy) is 1. The summed E-state index contributed by atoms with van der Waals surface area (Å²) in [5, 5.41) is 7.23. The Labute approximate surface area is 166 Å². The van der Waals surface area contributed by atoms with Crippen LogP contribution in [0.3, 0.4) is 0 Å². The summed E-state index contributed by atoms with van der Waals surface area (Å²) in [4.78, 5) is 21.3. The minimum Gasteiger partial charge on any atom is -0.455 e. The molecule has 0 saturated carbocycles. The Kier molecular flexibility index (Phi) is 4.56. The minimum atomic E-state index is -0.516. The normalized spacial score (nSPS) is 18.9. The van der Waals surface area contributed by atoms with Crippen LogP contribution in [0.4, 0.5) is 11.5 Å². The van der Waals surface area contributed by atoms with Gasteiger partial charge in [0.1, 0.15) is 11.3 Å². The first-order valence-electron chi connectivity index (χ1n) is 9.94. The van der Waals surface area contributed by atoms with Gasteiger partial charge in [-0.05, 0) is 52.7 Å². The molecule has 150 valence electrons. The highest BCUT2D eigenvalue weighted by Crippen LogP contribution is 2.42. The number of aromatic amines is 1. The SMILES string of the molecule is Cc1cc(N2CC3(CCCN(c4cc(C(=O)OC(C)(C)C)[nH]n4)C3)C2)ccn1. The van der Waals surface area contributed by atoms with Gasteiger partial charge in [0.25, 0.3) is 0 Å². The second kappa shape index (κ2) is 6.79. The molecule has 0 unspecified atom stereocenters. The molecule has 2 aliphatic heterocycles. The summed E-state index contributed by atoms with van der Waals surface area (Å²) in [6.07, 6.45) is 4.25. The van der Waals surface area contributed by atoms with Crippen LogP contribution < -0.4 is 9.80 Å². The van der Waals surface area contributed by atoms with Gasteiger partial charge in [-0.25, -0.2) is 4.79 Å². The number of carbonyl (C=O) groups excluding carboxylic acids is 1. The molecule has 2 aliphatic rings. The van der Waals surface area contributed by atoms with Crippen LogP contribution in [-0.4, -0.2) is 52.9 Å². The van der Waals surface area contributed by atoms with E-state index >= 15 is 0 Å². The fraction of sp³-hybridized carbons (Fsp3) is 0.571. The van der Waals surface area contributed by atoms with Crippen molar-refractivity contribution in [2.45, 2.75) is 46.1 Å². The van der Waals surface area contributed by atoms with Gasteiger partial charge in [-0.3, -0.25) is 10.1 Å². The first-order chi connectivity index (χ1) is 13.2. The smallest absolute Gasteiger partial charge is 0.356 e. The maximum Gasteiger partial charge on any atom is 0.356 e. The number of H-pyrrole nitrogens is 1. The standard InChI is InChI=1S/C21H29N5O2/c1-15-10-16(6-8-22-15)26-13-21(14-26)7-5-9-25(12-21)18-11-17(23-24-18)19(27)28-20(2,3)4/h6,8,10-11H,5,7,9,12-14H2,1-4H3,(H,23,24). The summed E-state index contributed by atoms with van der Waals surface area (Å²) < 4.78 is 5.43. The average Bonchev–Trinajstić information content (AvgIpc) is 3.08. The lowest BCUT2D eigenvalue weighted by atomic mass is 9.73. The van der Waals surface area contributed by atoms with Crippen LogP contribution in [0.2, 0.25) is 0 Å². The highest BCUT2D eigenvalue weighted by atomic mass is 16.6. The Morgan fingerprint density at radius 1 is 1.21 bits per heavy atom. The Bertz CT molecular complexity index is 864. The summed E-state index contributed by atoms with van der Waals surface area (Å²) in [5.74, 6) is 0.471. The molecule has 0 amide bonds. The first kappa shape index (κ1) is 18.8. The molecule has 7 nitrogen and oxygen atoms in total. The Morgan fingerprint density at radius 3 is 2.68 bits per heavy atom. The Hall–Kier alpha value is -2.57. The largest absolute Gasteiger partial charge is 0.455 e. The van der Waals surface area contributed by atoms with Crippen LogP contribution in [0, 0.1) is 12.3 Å². The van der Waals surface area contributed by atoms with E-state index < -0.39 is 5.60 Å². The molecule has 0 radical (unpaired) electrons. The minimum absolute atomic E-state index is 0.292. The first-order valence-corrected chi connectivity index (χ1v) is 9.94. The summed E-state index contributed by atoms with van der Waals surface area (Å²) in [5.41, 5.74) is 2.49. The number of nitrogens with one attached hydrogen (secondary N) is 1. The van der Waals surface area contributed by atoms with Gasteiger partial charge in [0.15, 0.2) is 5.82 Å². The van der Waals surface area contributed by atoms with Crippen molar-refractivity contribution < 1.29 is 9.53 Å². The predicted octanol–water partition coefficient (Wildman–Crippen LogP) is 3.18. The predicted molar refractivity (Wildman–Crippen MR) is 109 cm³/mol. The number of hydrogen-bond acceptors (Lipinski definition) is 6. The quantitative estimate of drug-likeness (QED) is 0.821. The van der Waals surface area contributed by atoms with Gasteiger partial charge in [0.05, 0.1) is 0 Å². The fourth-order valence-electron chi connectivity index (χ4n) is 4.25. The second-order valence-electron chi connectivity index (χ2n) is 9.18. The lowest BCUT2D eigenvalue weighted by Gasteiger charge is -2.55. The third kappa shape index (κ3) is 3.84. The van der Waals surface area contributed by atoms with Crippen LogP contribution in [0.5, 0.6) is 0 Å². The van der Waals surface area contributed by atoms with Crippen molar-refractivity contribution in [3.8, 4) is 0 Å². The molecule has 0 aromatic carbocycles. The van der Waals surface area contributed by atoms with E-state index in [-0.39, 0.29) is 5.97 Å². The van der Waals surface area contributed by atoms with Crippen molar-refractivity contribution in [2.24, 2.45) is 5.41 Å². The number of anilines is 2. The van der Waals surface area contributed by atoms with Gasteiger partial charge in [0.2, 0.25) is 0 Å². The van der Waals surface area contributed by atoms with Gasteiger partial charge in [0, 0.05) is 55.2 Å². The van der Waals surface area contributed by atoms with Crippen molar-refractivity contribution in [3.05, 3.63) is 35.8 Å². The van der Waals surface area contributed by atoms with Gasteiger partial charge in [-0.15, -0.1) is 0 Å². The molecule has 1 spiro atoms. The molecule has 0 bridgehead atoms. The van der Waals surface area contributed by atoms with Gasteiger partial charge >= 0.3 is 5.97 Å². The number of rotatable bonds is 3. The third-order valence-electron chi connectivity index (χ3n) is 5.47. The molecule has 2 fully saturated rings. The summed E-state index contributed by atoms with van der Waals surface area (Å²) in [7, 11) is 0. The Balaban J connectivity index is 1.41. The monoisotopic (exact) mass is 383 g/mol. The Morgan fingerprint density at radius 2 is 1.96 bits per heavy atom. The number of esters is 1. The number of carbonyl (C=O) groups is 1. The van der Waals surface area contributed by atoms with Gasteiger partial charge in [-0.1, -0.05) is 0 Å². The maximum atomic E-state index is 12.3. The number of piperidine rings is 1. The van der Waals surface area contributed by atoms with E-state index in [1.165, 1.54) is 12.1 Å². The van der Waals surface area contributed by atoms with E-state index in [1.807, 2.05) is 40.0 Å². The van der Waals surface area contributed by atoms with E-state index in [0.29, 0.717) is 11.1 Å². The maximum absolute atomic E-state index is 12.3. The number of nitrogens with zero attached hydrogens (tertiary/aromatic N) is 4. The zero-order valence-electron chi connectivity index (χ0n) is 17.2. The van der Waals surface area contributed by atoms with Crippen molar-refractivity contribution in [1.82, 2.24) is 15.2 Å². The molecular weight excluding hydrogens is 354 g/mol. The zero-order valence-corrected chi connectivity index (χ0v) is 17.2. The molecule has 4 heterocycles. The zero-order chi connectivity index (χ0) is 19.9. The molecule has 4 rings (SSSR count). The lowest BCUT2D eigenvalue weighted by molar-refractivity contribution is 0.00628. The number of pyridine rings is 1. The van der Waals surface area contributed by atoms with E-state index in [1.54, 1.807) is 0 Å². The highest BCUT2D eigenvalue weighted by molar-refractivity contribution is 5.88. The molecule has 0 atom stereocenters. The van der Waals surface area contributed by atoms with Crippen LogP contribution >= 0.6 is 0 Å². The molecule has 1 N–H and O–H groups in total. The fourth-order valence-corrected chi connectivity index (χ4v) is 4.25. The molecule has 2 saturated heterocycles. The van der Waals surface area contributed by atoms with E-state index in [0.717, 1.165) is 44.1 Å². The van der Waals surface area contributed by atoms with Crippen molar-refractivity contribution >= 4 is 17.5 Å². The van der Waals surface area contributed by atoms with Crippen LogP contribution in [0.15, 0.2) is 24.4 Å². The van der Waals surface area contributed by atoms with Crippen molar-refractivity contribution in [1.29, 1.82) is 0 Å². The van der Waals surface area contributed by atoms with Crippen LogP contribution in [0.1, 0.15) is 49.8 Å². The van der Waals surface area contributed by atoms with E-state index in [2.05, 4.69) is 37.1 Å². The summed E-state index contributed by atoms with van der Waals surface area (Å²) in [6, 6.07) is 6.05. The number of aryl methyl sites for hydroxylation is 1. The van der Waals surface area contributed by atoms with Crippen LogP contribution in [-0.2, 0) is 4.74 Å². The second-order valence-corrected chi connectivity index (χ2v) is 9.18. The van der Waals surface area contributed by atoms with E-state index in [9.17, 15) is 4.79 Å². The topological polar surface area (TPSA) is 74.3 Å². The summed E-state index contributed by atoms with van der Waals surface area (Å²) >= 11 is 0. The lowest BCUT2D eigenvalue weighted by Crippen LogP contribution is -2.63. The van der Waals surface area contributed by atoms with E-state index in [4.69, 9.17) is 4.74 Å². The average molecular weight is 383 g/mol. The molecule has 28 heavy (non-hydrogen) atoms. The number of aromatic nitrogens is 3. The molecular formula is C21H29N5O2. The number of hydrogen-bond donors (Lipinski definition) is 1. The molecule has 2 aromatic heterocycles. The molecule has 2 aromatic rings. The highest BCUT2D eigenvalue weighted by Gasteiger charge is 2.46. The molecule has 0 aliphatic carbocycles. The van der Waals surface area contributed by atoms with Crippen molar-refractivity contribution in [2.75, 3.05) is 36.0 Å². The van der Waals surface area contributed by atoms with Gasteiger partial charge in [-0.2, -0.15) is 5.10 Å². The third-order valence-corrected chi connectivity index (χ3v) is 5.47. The van der Waals surface area contributed by atoms with Gasteiger partial charge < -0.3 is 14.5 Å². The van der Waals surface area contributed by atoms with Crippen LogP contribution in [0.25, 0.3) is 0 Å². The summed E-state index contributed by atoms with van der Waals surface area (Å²) in [6.45, 7) is 11.7.